The number of carboxylic acid groups (broad SMARTS) is 1. The molecule has 1 N–H and O–H groups in total. The molecule has 4 aromatic rings. The summed E-state index contributed by atoms with van der Waals surface area (Å²) in [6, 6.07) is 14.6. The highest BCUT2D eigenvalue weighted by atomic mass is 19.4. The molecular formula is C28H23F3N4O4. The summed E-state index contributed by atoms with van der Waals surface area (Å²) in [6.45, 7) is 0.284. The lowest BCUT2D eigenvalue weighted by Gasteiger charge is -2.20. The van der Waals surface area contributed by atoms with Gasteiger partial charge in [-0.25, -0.2) is 0 Å². The third kappa shape index (κ3) is 4.68. The van der Waals surface area contributed by atoms with Crippen LogP contribution in [0.3, 0.4) is 0 Å². The Morgan fingerprint density at radius 3 is 2.54 bits per heavy atom. The van der Waals surface area contributed by atoms with Crippen molar-refractivity contribution in [3.05, 3.63) is 76.9 Å². The number of aryl methyl sites for hydroxylation is 1. The van der Waals surface area contributed by atoms with Crippen LogP contribution in [0.15, 0.2) is 54.6 Å². The van der Waals surface area contributed by atoms with Crippen LogP contribution in [0.4, 0.5) is 13.2 Å². The number of aliphatic carboxylic acids is 1. The zero-order valence-electron chi connectivity index (χ0n) is 20.8. The molecule has 2 heterocycles. The van der Waals surface area contributed by atoms with Crippen LogP contribution in [0.2, 0.25) is 0 Å². The number of carbonyl (C=O) groups is 1. The third-order valence-corrected chi connectivity index (χ3v) is 7.16. The second-order valence-electron chi connectivity index (χ2n) is 9.68. The lowest BCUT2D eigenvalue weighted by Crippen LogP contribution is -2.10. The van der Waals surface area contributed by atoms with E-state index in [1.807, 2.05) is 0 Å². The summed E-state index contributed by atoms with van der Waals surface area (Å²) in [5.74, 6) is 0.360. The van der Waals surface area contributed by atoms with Crippen molar-refractivity contribution in [2.45, 2.75) is 37.5 Å². The second-order valence-corrected chi connectivity index (χ2v) is 9.68. The van der Waals surface area contributed by atoms with Crippen LogP contribution in [-0.2, 0) is 24.4 Å². The fourth-order valence-electron chi connectivity index (χ4n) is 5.41. The van der Waals surface area contributed by atoms with E-state index in [1.54, 1.807) is 49.5 Å². The quantitative estimate of drug-likeness (QED) is 0.344. The number of halogens is 3. The fourth-order valence-corrected chi connectivity index (χ4v) is 5.41. The number of ether oxygens (including phenoxy) is 2. The molecule has 39 heavy (non-hydrogen) atoms. The van der Waals surface area contributed by atoms with E-state index in [0.29, 0.717) is 52.4 Å². The average Bonchev–Trinajstić information content (AvgIpc) is 3.62. The normalized spacial score (nSPS) is 17.9. The van der Waals surface area contributed by atoms with Crippen LogP contribution in [0.1, 0.15) is 47.1 Å². The van der Waals surface area contributed by atoms with Crippen molar-refractivity contribution in [1.82, 2.24) is 20.2 Å². The van der Waals surface area contributed by atoms with E-state index in [9.17, 15) is 18.0 Å². The number of benzene rings is 3. The molecule has 0 amide bonds. The molecule has 1 aliphatic heterocycles. The molecule has 0 saturated heterocycles. The van der Waals surface area contributed by atoms with Gasteiger partial charge in [-0.2, -0.15) is 18.0 Å². The van der Waals surface area contributed by atoms with E-state index in [1.165, 1.54) is 10.9 Å². The first-order valence-corrected chi connectivity index (χ1v) is 12.4. The van der Waals surface area contributed by atoms with Gasteiger partial charge >= 0.3 is 12.1 Å². The molecule has 6 rings (SSSR count). The molecule has 0 unspecified atom stereocenters. The number of fused-ring (bicyclic) bond motifs is 2. The van der Waals surface area contributed by atoms with Gasteiger partial charge in [-0.3, -0.25) is 4.79 Å². The van der Waals surface area contributed by atoms with E-state index in [4.69, 9.17) is 14.6 Å². The molecule has 1 aromatic heterocycles. The average molecular weight is 537 g/mol. The Bertz CT molecular complexity index is 1570. The number of carboxylic acids is 1. The SMILES string of the molecule is Cn1nnc(-c2ccc(-c3c(C(F)(F)F)ccc4c3CC[C@H]4Oc3ccc4c(c3)OC[C@H]4CC(=O)O)cc2)n1. The minimum absolute atomic E-state index is 0.0240. The largest absolute Gasteiger partial charge is 0.492 e. The first kappa shape index (κ1) is 24.9. The summed E-state index contributed by atoms with van der Waals surface area (Å²) >= 11 is 0. The smallest absolute Gasteiger partial charge is 0.417 e. The van der Waals surface area contributed by atoms with Crippen LogP contribution >= 0.6 is 0 Å². The number of rotatable bonds is 6. The van der Waals surface area contributed by atoms with E-state index in [2.05, 4.69) is 15.4 Å². The predicted molar refractivity (Wildman–Crippen MR) is 133 cm³/mol. The Hall–Kier alpha value is -4.41. The highest BCUT2D eigenvalue weighted by Gasteiger charge is 2.38. The van der Waals surface area contributed by atoms with Gasteiger partial charge in [0.25, 0.3) is 0 Å². The Labute approximate surface area is 221 Å². The van der Waals surface area contributed by atoms with Gasteiger partial charge in [0.05, 0.1) is 25.6 Å². The number of hydrogen-bond acceptors (Lipinski definition) is 6. The van der Waals surface area contributed by atoms with Gasteiger partial charge in [-0.05, 0) is 52.4 Å². The van der Waals surface area contributed by atoms with Crippen LogP contribution in [0.5, 0.6) is 11.5 Å². The summed E-state index contributed by atoms with van der Waals surface area (Å²) in [4.78, 5) is 12.4. The second kappa shape index (κ2) is 9.40. The molecule has 2 aliphatic rings. The molecule has 8 nitrogen and oxygen atoms in total. The van der Waals surface area contributed by atoms with Gasteiger partial charge in [0.15, 0.2) is 0 Å². The summed E-state index contributed by atoms with van der Waals surface area (Å²) in [6.07, 6.45) is -4.04. The lowest BCUT2D eigenvalue weighted by molar-refractivity contribution is -0.138. The van der Waals surface area contributed by atoms with E-state index < -0.39 is 23.8 Å². The zero-order chi connectivity index (χ0) is 27.3. The maximum absolute atomic E-state index is 14.1. The van der Waals surface area contributed by atoms with Crippen LogP contribution in [0, 0.1) is 0 Å². The van der Waals surface area contributed by atoms with Crippen molar-refractivity contribution in [3.8, 4) is 34.0 Å². The highest BCUT2D eigenvalue weighted by molar-refractivity contribution is 5.76. The Kier molecular flexibility index (Phi) is 6.00. The molecule has 0 radical (unpaired) electrons. The van der Waals surface area contributed by atoms with E-state index in [0.717, 1.165) is 11.6 Å². The van der Waals surface area contributed by atoms with Gasteiger partial charge in [0.2, 0.25) is 5.82 Å². The Balaban J connectivity index is 1.32. The summed E-state index contributed by atoms with van der Waals surface area (Å²) in [5, 5.41) is 21.0. The van der Waals surface area contributed by atoms with Gasteiger partial charge < -0.3 is 14.6 Å². The molecule has 11 heteroatoms. The summed E-state index contributed by atoms with van der Waals surface area (Å²) in [5.41, 5.74) is 2.69. The topological polar surface area (TPSA) is 99.4 Å². The molecule has 3 aromatic carbocycles. The van der Waals surface area contributed by atoms with Crippen LogP contribution in [-0.4, -0.2) is 37.9 Å². The van der Waals surface area contributed by atoms with Gasteiger partial charge in [0.1, 0.15) is 17.6 Å². The minimum atomic E-state index is -4.53. The number of aromatic nitrogens is 4. The first-order valence-electron chi connectivity index (χ1n) is 12.4. The monoisotopic (exact) mass is 536 g/mol. The minimum Gasteiger partial charge on any atom is -0.492 e. The maximum Gasteiger partial charge on any atom is 0.417 e. The molecule has 0 bridgehead atoms. The van der Waals surface area contributed by atoms with Crippen LogP contribution in [0.25, 0.3) is 22.5 Å². The first-order chi connectivity index (χ1) is 18.7. The summed E-state index contributed by atoms with van der Waals surface area (Å²) < 4.78 is 54.3. The van der Waals surface area contributed by atoms with Gasteiger partial charge in [0, 0.05) is 23.1 Å². The number of hydrogen-bond donors (Lipinski definition) is 1. The molecule has 0 fully saturated rings. The summed E-state index contributed by atoms with van der Waals surface area (Å²) in [7, 11) is 1.64. The Morgan fingerprint density at radius 1 is 1.10 bits per heavy atom. The standard InChI is InChI=1S/C28H23F3N4O4/c1-35-33-27(32-34-35)16-4-2-15(3-5-16)26-21-9-11-23(20(21)8-10-22(26)28(29,30)31)39-18-6-7-19-17(12-25(36)37)14-38-24(19)13-18/h2-8,10,13,17,23H,9,11-12,14H2,1H3,(H,36,37)/t17-,23-/m1/s1. The number of nitrogens with zero attached hydrogens (tertiary/aromatic N) is 4. The third-order valence-electron chi connectivity index (χ3n) is 7.16. The molecule has 2 atom stereocenters. The van der Waals surface area contributed by atoms with Crippen molar-refractivity contribution in [3.63, 3.8) is 0 Å². The van der Waals surface area contributed by atoms with Crippen molar-refractivity contribution in [1.29, 1.82) is 0 Å². The van der Waals surface area contributed by atoms with Crippen molar-refractivity contribution >= 4 is 5.97 Å². The molecular weight excluding hydrogens is 513 g/mol. The lowest BCUT2D eigenvalue weighted by atomic mass is 9.91. The highest BCUT2D eigenvalue weighted by Crippen LogP contribution is 2.47. The van der Waals surface area contributed by atoms with Gasteiger partial charge in [-0.15, -0.1) is 10.2 Å². The molecule has 200 valence electrons. The number of alkyl halides is 3. The van der Waals surface area contributed by atoms with Gasteiger partial charge in [-0.1, -0.05) is 36.4 Å². The maximum atomic E-state index is 14.1. The van der Waals surface area contributed by atoms with Crippen molar-refractivity contribution < 1.29 is 32.5 Å². The van der Waals surface area contributed by atoms with Crippen molar-refractivity contribution in [2.24, 2.45) is 7.05 Å². The fraction of sp³-hybridized carbons (Fsp3) is 0.286. The van der Waals surface area contributed by atoms with E-state index >= 15 is 0 Å². The number of tetrazole rings is 1. The van der Waals surface area contributed by atoms with Crippen molar-refractivity contribution in [2.75, 3.05) is 6.61 Å². The molecule has 1 aliphatic carbocycles. The van der Waals surface area contributed by atoms with E-state index in [-0.39, 0.29) is 24.5 Å². The molecule has 0 saturated carbocycles. The Morgan fingerprint density at radius 2 is 1.85 bits per heavy atom. The predicted octanol–water partition coefficient (Wildman–Crippen LogP) is 5.58. The van der Waals surface area contributed by atoms with Crippen LogP contribution < -0.4 is 9.47 Å². The molecule has 0 spiro atoms. The zero-order valence-corrected chi connectivity index (χ0v) is 20.8.